The lowest BCUT2D eigenvalue weighted by Gasteiger charge is -2.14. The zero-order valence-corrected chi connectivity index (χ0v) is 12.0. The zero-order chi connectivity index (χ0) is 14.5. The zero-order valence-electron chi connectivity index (χ0n) is 12.0. The van der Waals surface area contributed by atoms with Gasteiger partial charge in [0.25, 0.3) is 5.91 Å². The Morgan fingerprint density at radius 3 is 2.65 bits per heavy atom. The summed E-state index contributed by atoms with van der Waals surface area (Å²) < 4.78 is 6.85. The first-order valence-electron chi connectivity index (χ1n) is 6.61. The first-order chi connectivity index (χ1) is 9.63. The third-order valence-corrected chi connectivity index (χ3v) is 3.18. The molecule has 1 amide bonds. The van der Waals surface area contributed by atoms with Crippen molar-refractivity contribution in [3.63, 3.8) is 0 Å². The van der Waals surface area contributed by atoms with Crippen molar-refractivity contribution in [1.29, 1.82) is 0 Å². The number of nitrogens with one attached hydrogen (secondary N) is 1. The van der Waals surface area contributed by atoms with Crippen LogP contribution in [0.4, 0.5) is 0 Å². The molecule has 0 spiro atoms. The number of carbonyl (C=O) groups is 1. The molecule has 0 aliphatic rings. The highest BCUT2D eigenvalue weighted by molar-refractivity contribution is 5.93. The fourth-order valence-electron chi connectivity index (χ4n) is 1.91. The number of hydrogen-bond donors (Lipinski definition) is 1. The van der Waals surface area contributed by atoms with Gasteiger partial charge in [0.2, 0.25) is 0 Å². The van der Waals surface area contributed by atoms with E-state index in [1.807, 2.05) is 38.1 Å². The van der Waals surface area contributed by atoms with Crippen LogP contribution in [-0.4, -0.2) is 22.8 Å². The molecule has 2 rings (SSSR count). The monoisotopic (exact) mass is 273 g/mol. The van der Waals surface area contributed by atoms with Crippen molar-refractivity contribution in [3.8, 4) is 5.75 Å². The molecule has 0 radical (unpaired) electrons. The van der Waals surface area contributed by atoms with Crippen molar-refractivity contribution in [3.05, 3.63) is 47.8 Å². The van der Waals surface area contributed by atoms with Gasteiger partial charge in [0, 0.05) is 12.7 Å². The van der Waals surface area contributed by atoms with Crippen molar-refractivity contribution < 1.29 is 9.53 Å². The van der Waals surface area contributed by atoms with E-state index in [1.54, 1.807) is 24.2 Å². The van der Waals surface area contributed by atoms with Gasteiger partial charge in [-0.3, -0.25) is 9.48 Å². The van der Waals surface area contributed by atoms with Crippen molar-refractivity contribution in [2.75, 3.05) is 7.11 Å². The van der Waals surface area contributed by atoms with Crippen LogP contribution < -0.4 is 10.1 Å². The van der Waals surface area contributed by atoms with E-state index in [0.717, 1.165) is 17.9 Å². The van der Waals surface area contributed by atoms with E-state index in [2.05, 4.69) is 10.4 Å². The number of aryl methyl sites for hydroxylation is 1. The second-order valence-corrected chi connectivity index (χ2v) is 4.55. The van der Waals surface area contributed by atoms with Crippen LogP contribution in [0.15, 0.2) is 36.7 Å². The quantitative estimate of drug-likeness (QED) is 0.910. The number of methoxy groups -OCH3 is 1. The highest BCUT2D eigenvalue weighted by Gasteiger charge is 2.13. The number of amides is 1. The number of aromatic nitrogens is 2. The summed E-state index contributed by atoms with van der Waals surface area (Å²) >= 11 is 0. The Bertz CT molecular complexity index is 575. The van der Waals surface area contributed by atoms with Crippen LogP contribution in [0.1, 0.15) is 35.8 Å². The minimum absolute atomic E-state index is 0.0709. The topological polar surface area (TPSA) is 56.2 Å². The molecule has 0 saturated carbocycles. The number of benzene rings is 1. The molecular formula is C15H19N3O2. The van der Waals surface area contributed by atoms with E-state index in [1.165, 1.54) is 0 Å². The van der Waals surface area contributed by atoms with Gasteiger partial charge in [-0.15, -0.1) is 0 Å². The van der Waals surface area contributed by atoms with Gasteiger partial charge in [0.05, 0.1) is 24.9 Å². The summed E-state index contributed by atoms with van der Waals surface area (Å²) in [6.45, 7) is 4.68. The molecule has 5 heteroatoms. The predicted molar refractivity (Wildman–Crippen MR) is 76.8 cm³/mol. The molecule has 1 unspecified atom stereocenters. The predicted octanol–water partition coefficient (Wildman–Crippen LogP) is 2.40. The summed E-state index contributed by atoms with van der Waals surface area (Å²) in [6, 6.07) is 7.58. The maximum Gasteiger partial charge on any atom is 0.254 e. The molecule has 5 nitrogen and oxygen atoms in total. The Morgan fingerprint density at radius 1 is 1.40 bits per heavy atom. The summed E-state index contributed by atoms with van der Waals surface area (Å²) in [6.07, 6.45) is 3.33. The van der Waals surface area contributed by atoms with Gasteiger partial charge >= 0.3 is 0 Å². The van der Waals surface area contributed by atoms with Gasteiger partial charge in [-0.25, -0.2) is 0 Å². The lowest BCUT2D eigenvalue weighted by atomic mass is 10.1. The average Bonchev–Trinajstić information content (AvgIpc) is 2.96. The highest BCUT2D eigenvalue weighted by Crippen LogP contribution is 2.17. The number of rotatable bonds is 5. The molecule has 1 N–H and O–H groups in total. The SMILES string of the molecule is CCn1cc(C(=O)NC(C)c2ccc(OC)cc2)cn1. The van der Waals surface area contributed by atoms with E-state index >= 15 is 0 Å². The van der Waals surface area contributed by atoms with Crippen LogP contribution in [0.25, 0.3) is 0 Å². The molecule has 1 heterocycles. The summed E-state index contributed by atoms with van der Waals surface area (Å²) in [4.78, 5) is 12.1. The molecule has 2 aromatic rings. The van der Waals surface area contributed by atoms with Gasteiger partial charge in [-0.1, -0.05) is 12.1 Å². The van der Waals surface area contributed by atoms with Crippen LogP contribution >= 0.6 is 0 Å². The van der Waals surface area contributed by atoms with Crippen molar-refractivity contribution in [2.45, 2.75) is 26.4 Å². The number of nitrogens with zero attached hydrogens (tertiary/aromatic N) is 2. The largest absolute Gasteiger partial charge is 0.497 e. The third-order valence-electron chi connectivity index (χ3n) is 3.18. The molecule has 0 saturated heterocycles. The highest BCUT2D eigenvalue weighted by atomic mass is 16.5. The second-order valence-electron chi connectivity index (χ2n) is 4.55. The third kappa shape index (κ3) is 3.17. The van der Waals surface area contributed by atoms with Gasteiger partial charge in [0.15, 0.2) is 0 Å². The Balaban J connectivity index is 2.02. The molecule has 106 valence electrons. The van der Waals surface area contributed by atoms with E-state index in [9.17, 15) is 4.79 Å². The van der Waals surface area contributed by atoms with Crippen LogP contribution in [0.3, 0.4) is 0 Å². The number of ether oxygens (including phenoxy) is 1. The summed E-state index contributed by atoms with van der Waals surface area (Å²) in [7, 11) is 1.63. The smallest absolute Gasteiger partial charge is 0.254 e. The second kappa shape index (κ2) is 6.23. The molecule has 0 aliphatic carbocycles. The lowest BCUT2D eigenvalue weighted by molar-refractivity contribution is 0.0940. The van der Waals surface area contributed by atoms with Crippen LogP contribution in [0.2, 0.25) is 0 Å². The first-order valence-corrected chi connectivity index (χ1v) is 6.61. The van der Waals surface area contributed by atoms with Crippen LogP contribution in [-0.2, 0) is 6.54 Å². The van der Waals surface area contributed by atoms with Gasteiger partial charge in [-0.05, 0) is 31.5 Å². The van der Waals surface area contributed by atoms with Crippen LogP contribution in [0, 0.1) is 0 Å². The van der Waals surface area contributed by atoms with E-state index < -0.39 is 0 Å². The van der Waals surface area contributed by atoms with Crippen LogP contribution in [0.5, 0.6) is 5.75 Å². The fourth-order valence-corrected chi connectivity index (χ4v) is 1.91. The summed E-state index contributed by atoms with van der Waals surface area (Å²) in [5, 5.41) is 7.05. The Hall–Kier alpha value is -2.30. The molecule has 0 aliphatic heterocycles. The Kier molecular flexibility index (Phi) is 4.40. The molecule has 20 heavy (non-hydrogen) atoms. The van der Waals surface area contributed by atoms with Gasteiger partial charge in [-0.2, -0.15) is 5.10 Å². The van der Waals surface area contributed by atoms with Crippen molar-refractivity contribution >= 4 is 5.91 Å². The van der Waals surface area contributed by atoms with E-state index in [-0.39, 0.29) is 11.9 Å². The maximum atomic E-state index is 12.1. The number of carbonyl (C=O) groups excluding carboxylic acids is 1. The molecule has 0 bridgehead atoms. The standard InChI is InChI=1S/C15H19N3O2/c1-4-18-10-13(9-16-18)15(19)17-11(2)12-5-7-14(20-3)8-6-12/h5-11H,4H2,1-3H3,(H,17,19). The Morgan fingerprint density at radius 2 is 2.10 bits per heavy atom. The maximum absolute atomic E-state index is 12.1. The molecule has 1 aromatic heterocycles. The molecule has 1 aromatic carbocycles. The van der Waals surface area contributed by atoms with Gasteiger partial charge in [0.1, 0.15) is 5.75 Å². The molecular weight excluding hydrogens is 254 g/mol. The van der Waals surface area contributed by atoms with E-state index in [4.69, 9.17) is 4.74 Å². The number of hydrogen-bond acceptors (Lipinski definition) is 3. The summed E-state index contributed by atoms with van der Waals surface area (Å²) in [5.74, 6) is 0.685. The summed E-state index contributed by atoms with van der Waals surface area (Å²) in [5.41, 5.74) is 1.61. The minimum atomic E-state index is -0.118. The molecule has 1 atom stereocenters. The van der Waals surface area contributed by atoms with Gasteiger partial charge < -0.3 is 10.1 Å². The first kappa shape index (κ1) is 14.1. The fraction of sp³-hybridized carbons (Fsp3) is 0.333. The normalized spacial score (nSPS) is 11.9. The van der Waals surface area contributed by atoms with Crippen molar-refractivity contribution in [1.82, 2.24) is 15.1 Å². The Labute approximate surface area is 118 Å². The lowest BCUT2D eigenvalue weighted by Crippen LogP contribution is -2.26. The minimum Gasteiger partial charge on any atom is -0.497 e. The average molecular weight is 273 g/mol. The molecule has 0 fully saturated rings. The van der Waals surface area contributed by atoms with E-state index in [0.29, 0.717) is 5.56 Å². The van der Waals surface area contributed by atoms with Crippen molar-refractivity contribution in [2.24, 2.45) is 0 Å².